The molecular weight excluding hydrogens is 258 g/mol. The number of rotatable bonds is 7. The maximum Gasteiger partial charge on any atom is 0.137 e. The minimum Gasteiger partial charge on any atom is -0.466 e. The lowest BCUT2D eigenvalue weighted by Gasteiger charge is -2.16. The zero-order valence-corrected chi connectivity index (χ0v) is 10.8. The first-order valence-electron chi connectivity index (χ1n) is 5.33. The van der Waals surface area contributed by atoms with Crippen LogP contribution in [0.5, 0.6) is 0 Å². The van der Waals surface area contributed by atoms with Gasteiger partial charge in [0.05, 0.1) is 23.4 Å². The Balaban J connectivity index is 2.53. The van der Waals surface area contributed by atoms with Gasteiger partial charge >= 0.3 is 0 Å². The summed E-state index contributed by atoms with van der Waals surface area (Å²) >= 11 is 3.46. The van der Waals surface area contributed by atoms with E-state index in [9.17, 15) is 0 Å². The van der Waals surface area contributed by atoms with Crippen LogP contribution in [0.3, 0.4) is 0 Å². The van der Waals surface area contributed by atoms with Crippen LogP contribution in [-0.4, -0.2) is 19.8 Å². The maximum atomic E-state index is 5.53. The zero-order valence-electron chi connectivity index (χ0n) is 9.25. The predicted octanol–water partition coefficient (Wildman–Crippen LogP) is 3.12. The van der Waals surface area contributed by atoms with Crippen molar-refractivity contribution in [2.75, 3.05) is 19.8 Å². The van der Waals surface area contributed by atoms with Crippen molar-refractivity contribution in [2.45, 2.75) is 26.3 Å². The molecule has 1 N–H and O–H groups in total. The quantitative estimate of drug-likeness (QED) is 0.777. The first kappa shape index (κ1) is 12.7. The van der Waals surface area contributed by atoms with Gasteiger partial charge in [-0.25, -0.2) is 0 Å². The van der Waals surface area contributed by atoms with Crippen LogP contribution in [0.1, 0.15) is 32.1 Å². The summed E-state index contributed by atoms with van der Waals surface area (Å²) in [5, 5.41) is 3.34. The van der Waals surface area contributed by atoms with Crippen molar-refractivity contribution in [3.8, 4) is 0 Å². The largest absolute Gasteiger partial charge is 0.466 e. The number of furan rings is 1. The summed E-state index contributed by atoms with van der Waals surface area (Å²) in [5.41, 5.74) is 0. The topological polar surface area (TPSA) is 34.4 Å². The summed E-state index contributed by atoms with van der Waals surface area (Å²) in [7, 11) is 0. The maximum absolute atomic E-state index is 5.53. The highest BCUT2D eigenvalue weighted by atomic mass is 79.9. The van der Waals surface area contributed by atoms with E-state index < -0.39 is 0 Å². The van der Waals surface area contributed by atoms with Gasteiger partial charge in [0.1, 0.15) is 5.76 Å². The Morgan fingerprint density at radius 1 is 1.53 bits per heavy atom. The highest BCUT2D eigenvalue weighted by Gasteiger charge is 2.16. The number of hydrogen-bond donors (Lipinski definition) is 1. The van der Waals surface area contributed by atoms with Crippen molar-refractivity contribution in [1.82, 2.24) is 5.32 Å². The summed E-state index contributed by atoms with van der Waals surface area (Å²) in [5.74, 6) is 0.910. The summed E-state index contributed by atoms with van der Waals surface area (Å²) in [6, 6.07) is 2.03. The average molecular weight is 276 g/mol. The molecule has 0 saturated carbocycles. The molecule has 1 rings (SSSR count). The van der Waals surface area contributed by atoms with E-state index in [4.69, 9.17) is 9.15 Å². The minimum absolute atomic E-state index is 0.130. The van der Waals surface area contributed by atoms with Gasteiger partial charge in [-0.05, 0) is 35.0 Å². The number of nitrogens with one attached hydrogen (secondary N) is 1. The number of likely N-dealkylation sites (N-methyl/N-ethyl adjacent to an activating group) is 1. The normalized spacial score (nSPS) is 13.0. The molecule has 1 heterocycles. The van der Waals surface area contributed by atoms with Crippen molar-refractivity contribution in [3.05, 3.63) is 22.6 Å². The Hall–Kier alpha value is -0.320. The Morgan fingerprint density at radius 3 is 2.87 bits per heavy atom. The molecule has 0 amide bonds. The van der Waals surface area contributed by atoms with E-state index in [1.54, 1.807) is 6.26 Å². The van der Waals surface area contributed by atoms with Gasteiger partial charge in [-0.3, -0.25) is 0 Å². The number of hydrogen-bond acceptors (Lipinski definition) is 3. The zero-order chi connectivity index (χ0) is 11.1. The van der Waals surface area contributed by atoms with Gasteiger partial charge in [0.15, 0.2) is 0 Å². The van der Waals surface area contributed by atoms with Crippen molar-refractivity contribution in [1.29, 1.82) is 0 Å². The fourth-order valence-electron chi connectivity index (χ4n) is 1.37. The molecule has 0 aliphatic rings. The van der Waals surface area contributed by atoms with Gasteiger partial charge in [0.2, 0.25) is 0 Å². The minimum atomic E-state index is 0.130. The van der Waals surface area contributed by atoms with Crippen LogP contribution < -0.4 is 5.32 Å². The average Bonchev–Trinajstić information content (AvgIpc) is 2.64. The Kier molecular flexibility index (Phi) is 5.98. The Labute approximate surface area is 99.3 Å². The molecule has 0 saturated heterocycles. The predicted molar refractivity (Wildman–Crippen MR) is 63.9 cm³/mol. The van der Waals surface area contributed by atoms with Gasteiger partial charge in [-0.2, -0.15) is 0 Å². The molecule has 0 aromatic carbocycles. The van der Waals surface area contributed by atoms with Crippen molar-refractivity contribution >= 4 is 15.9 Å². The molecule has 1 aromatic heterocycles. The molecule has 86 valence electrons. The van der Waals surface area contributed by atoms with Gasteiger partial charge in [-0.15, -0.1) is 0 Å². The van der Waals surface area contributed by atoms with Gasteiger partial charge in [0, 0.05) is 6.61 Å². The molecule has 0 radical (unpaired) electrons. The van der Waals surface area contributed by atoms with Crippen LogP contribution in [0, 0.1) is 0 Å². The summed E-state index contributed by atoms with van der Waals surface area (Å²) < 4.78 is 11.9. The van der Waals surface area contributed by atoms with E-state index in [2.05, 4.69) is 35.1 Å². The lowest BCUT2D eigenvalue weighted by atomic mass is 10.2. The van der Waals surface area contributed by atoms with Crippen molar-refractivity contribution in [2.24, 2.45) is 0 Å². The molecule has 15 heavy (non-hydrogen) atoms. The lowest BCUT2D eigenvalue weighted by Crippen LogP contribution is -2.25. The number of ether oxygens (including phenoxy) is 1. The molecule has 1 unspecified atom stereocenters. The Morgan fingerprint density at radius 2 is 2.33 bits per heavy atom. The fraction of sp³-hybridized carbons (Fsp3) is 0.636. The highest BCUT2D eigenvalue weighted by Crippen LogP contribution is 2.24. The highest BCUT2D eigenvalue weighted by molar-refractivity contribution is 9.10. The second-order valence-electron chi connectivity index (χ2n) is 3.32. The smallest absolute Gasteiger partial charge is 0.137 e. The van der Waals surface area contributed by atoms with Crippen LogP contribution in [-0.2, 0) is 4.74 Å². The first-order valence-corrected chi connectivity index (χ1v) is 6.12. The molecule has 1 atom stereocenters. The number of halogens is 1. The molecule has 0 bridgehead atoms. The van der Waals surface area contributed by atoms with Crippen LogP contribution in [0.4, 0.5) is 0 Å². The standard InChI is InChI=1S/C11H18BrNO2/c1-3-6-14-8-10(13-4-2)11-9(12)5-7-15-11/h5,7,10,13H,3-4,6,8H2,1-2H3. The molecule has 4 heteroatoms. The summed E-state index contributed by atoms with van der Waals surface area (Å²) in [6.07, 6.45) is 2.72. The van der Waals surface area contributed by atoms with Crippen molar-refractivity contribution < 1.29 is 9.15 Å². The molecule has 0 fully saturated rings. The summed E-state index contributed by atoms with van der Waals surface area (Å²) in [4.78, 5) is 0. The first-order chi connectivity index (χ1) is 7.29. The van der Waals surface area contributed by atoms with E-state index in [1.807, 2.05) is 6.07 Å². The molecule has 0 aliphatic heterocycles. The van der Waals surface area contributed by atoms with Crippen molar-refractivity contribution in [3.63, 3.8) is 0 Å². The van der Waals surface area contributed by atoms with Gasteiger partial charge < -0.3 is 14.5 Å². The van der Waals surface area contributed by atoms with Crippen LogP contribution >= 0.6 is 15.9 Å². The SMILES string of the molecule is CCCOCC(NCC)c1occc1Br. The second kappa shape index (κ2) is 7.04. The summed E-state index contributed by atoms with van der Waals surface area (Å²) in [6.45, 7) is 6.51. The van der Waals surface area contributed by atoms with E-state index >= 15 is 0 Å². The molecular formula is C11H18BrNO2. The van der Waals surface area contributed by atoms with Crippen LogP contribution in [0.2, 0.25) is 0 Å². The molecule has 0 aliphatic carbocycles. The van der Waals surface area contributed by atoms with Crippen LogP contribution in [0.15, 0.2) is 21.2 Å². The monoisotopic (exact) mass is 275 g/mol. The van der Waals surface area contributed by atoms with Crippen LogP contribution in [0.25, 0.3) is 0 Å². The molecule has 0 spiro atoms. The van der Waals surface area contributed by atoms with E-state index in [1.165, 1.54) is 0 Å². The van der Waals surface area contributed by atoms with E-state index in [0.29, 0.717) is 6.61 Å². The molecule has 3 nitrogen and oxygen atoms in total. The van der Waals surface area contributed by atoms with Gasteiger partial charge in [-0.1, -0.05) is 13.8 Å². The second-order valence-corrected chi connectivity index (χ2v) is 4.17. The lowest BCUT2D eigenvalue weighted by molar-refractivity contribution is 0.106. The third-order valence-electron chi connectivity index (χ3n) is 2.04. The Bertz CT molecular complexity index is 275. The van der Waals surface area contributed by atoms with E-state index in [-0.39, 0.29) is 6.04 Å². The van der Waals surface area contributed by atoms with E-state index in [0.717, 1.165) is 29.8 Å². The fourth-order valence-corrected chi connectivity index (χ4v) is 1.85. The third kappa shape index (κ3) is 3.97. The molecule has 1 aromatic rings. The van der Waals surface area contributed by atoms with Gasteiger partial charge in [0.25, 0.3) is 0 Å². The third-order valence-corrected chi connectivity index (χ3v) is 2.70.